The van der Waals surface area contributed by atoms with Crippen LogP contribution in [0.15, 0.2) is 45.9 Å². The lowest BCUT2D eigenvalue weighted by Gasteiger charge is -2.22. The Morgan fingerprint density at radius 3 is 2.96 bits per heavy atom. The normalized spacial score (nSPS) is 19.3. The van der Waals surface area contributed by atoms with Gasteiger partial charge in [-0.2, -0.15) is 0 Å². The minimum atomic E-state index is -0.453. The van der Waals surface area contributed by atoms with Crippen molar-refractivity contribution < 1.29 is 9.53 Å². The standard InChI is InChI=1S/C17H18ClN3O2/c1-4-23-17(22)15-14-8-19-16(18)12-7-11(10(2)3)5-6-13(12)21(14)9-20-15/h5-10,13H,4H2,1-3H3. The molecule has 1 unspecified atom stereocenters. The Bertz CT molecular complexity index is 769. The van der Waals surface area contributed by atoms with Crippen LogP contribution in [-0.4, -0.2) is 28.3 Å². The van der Waals surface area contributed by atoms with Crippen LogP contribution in [0.5, 0.6) is 0 Å². The Hall–Kier alpha value is -2.14. The van der Waals surface area contributed by atoms with Crippen molar-refractivity contribution >= 4 is 23.8 Å². The molecule has 1 aromatic rings. The lowest BCUT2D eigenvalue weighted by Crippen LogP contribution is -2.15. The quantitative estimate of drug-likeness (QED) is 0.627. The summed E-state index contributed by atoms with van der Waals surface area (Å²) in [6.07, 6.45) is 9.41. The molecule has 1 aliphatic carbocycles. The molecule has 6 heteroatoms. The molecule has 0 saturated heterocycles. The van der Waals surface area contributed by atoms with E-state index in [1.165, 1.54) is 5.57 Å². The van der Waals surface area contributed by atoms with Gasteiger partial charge in [0, 0.05) is 5.57 Å². The predicted molar refractivity (Wildman–Crippen MR) is 89.8 cm³/mol. The van der Waals surface area contributed by atoms with Gasteiger partial charge in [-0.1, -0.05) is 43.7 Å². The molecule has 0 spiro atoms. The lowest BCUT2D eigenvalue weighted by molar-refractivity contribution is 0.0520. The summed E-state index contributed by atoms with van der Waals surface area (Å²) in [4.78, 5) is 20.5. The molecule has 2 heterocycles. The first kappa shape index (κ1) is 15.7. The first-order valence-corrected chi connectivity index (χ1v) is 7.98. The van der Waals surface area contributed by atoms with Gasteiger partial charge >= 0.3 is 5.97 Å². The van der Waals surface area contributed by atoms with E-state index >= 15 is 0 Å². The highest BCUT2D eigenvalue weighted by Crippen LogP contribution is 2.36. The molecule has 0 aromatic carbocycles. The molecule has 23 heavy (non-hydrogen) atoms. The van der Waals surface area contributed by atoms with Crippen LogP contribution in [0.25, 0.3) is 0 Å². The predicted octanol–water partition coefficient (Wildman–Crippen LogP) is 3.64. The minimum absolute atomic E-state index is 0.127. The largest absolute Gasteiger partial charge is 0.461 e. The Morgan fingerprint density at radius 1 is 1.48 bits per heavy atom. The van der Waals surface area contributed by atoms with Gasteiger partial charge < -0.3 is 9.30 Å². The van der Waals surface area contributed by atoms with Gasteiger partial charge in [0.25, 0.3) is 0 Å². The third-order valence-electron chi connectivity index (χ3n) is 3.92. The van der Waals surface area contributed by atoms with E-state index in [1.807, 2.05) is 4.57 Å². The van der Waals surface area contributed by atoms with E-state index in [9.17, 15) is 4.79 Å². The lowest BCUT2D eigenvalue weighted by atomic mass is 9.91. The molecule has 0 amide bonds. The summed E-state index contributed by atoms with van der Waals surface area (Å²) < 4.78 is 6.95. The van der Waals surface area contributed by atoms with Gasteiger partial charge in [-0.15, -0.1) is 0 Å². The summed E-state index contributed by atoms with van der Waals surface area (Å²) in [7, 11) is 0. The number of ether oxygens (including phenoxy) is 1. The topological polar surface area (TPSA) is 56.5 Å². The van der Waals surface area contributed by atoms with Gasteiger partial charge in [0.2, 0.25) is 0 Å². The molecular weight excluding hydrogens is 314 g/mol. The number of allylic oxidation sites excluding steroid dienone is 5. The second-order valence-corrected chi connectivity index (χ2v) is 6.07. The van der Waals surface area contributed by atoms with Crippen molar-refractivity contribution in [1.82, 2.24) is 9.55 Å². The molecule has 1 aliphatic heterocycles. The highest BCUT2D eigenvalue weighted by atomic mass is 35.5. The first-order valence-electron chi connectivity index (χ1n) is 7.60. The Kier molecular flexibility index (Phi) is 4.22. The molecule has 120 valence electrons. The molecule has 0 radical (unpaired) electrons. The number of hydrogen-bond acceptors (Lipinski definition) is 4. The molecule has 0 fully saturated rings. The van der Waals surface area contributed by atoms with Crippen molar-refractivity contribution in [3.63, 3.8) is 0 Å². The summed E-state index contributed by atoms with van der Waals surface area (Å²) in [6.45, 7) is 6.33. The van der Waals surface area contributed by atoms with E-state index in [-0.39, 0.29) is 11.7 Å². The van der Waals surface area contributed by atoms with Crippen molar-refractivity contribution in [2.24, 2.45) is 10.9 Å². The molecule has 0 bridgehead atoms. The van der Waals surface area contributed by atoms with Crippen molar-refractivity contribution in [2.45, 2.75) is 26.8 Å². The van der Waals surface area contributed by atoms with Crippen molar-refractivity contribution in [2.75, 3.05) is 6.61 Å². The van der Waals surface area contributed by atoms with Crippen LogP contribution < -0.4 is 0 Å². The number of aromatic nitrogens is 2. The molecular formula is C17H18ClN3O2. The number of fused-ring (bicyclic) bond motifs is 3. The average Bonchev–Trinajstić information content (AvgIpc) is 2.90. The maximum Gasteiger partial charge on any atom is 0.359 e. The van der Waals surface area contributed by atoms with Gasteiger partial charge in [0.1, 0.15) is 5.16 Å². The van der Waals surface area contributed by atoms with Crippen molar-refractivity contribution in [1.29, 1.82) is 0 Å². The fourth-order valence-corrected chi connectivity index (χ4v) is 2.89. The number of rotatable bonds is 3. The van der Waals surface area contributed by atoms with Crippen LogP contribution >= 0.6 is 11.6 Å². The molecule has 0 saturated carbocycles. The van der Waals surface area contributed by atoms with Crippen LogP contribution in [0.4, 0.5) is 0 Å². The van der Waals surface area contributed by atoms with Crippen molar-refractivity contribution in [3.8, 4) is 0 Å². The highest BCUT2D eigenvalue weighted by Gasteiger charge is 2.27. The highest BCUT2D eigenvalue weighted by molar-refractivity contribution is 6.30. The maximum atomic E-state index is 12.0. The summed E-state index contributed by atoms with van der Waals surface area (Å²) in [6, 6.07) is -0.127. The zero-order valence-corrected chi connectivity index (χ0v) is 14.0. The number of esters is 1. The summed E-state index contributed by atoms with van der Waals surface area (Å²) >= 11 is 6.36. The zero-order chi connectivity index (χ0) is 16.6. The van der Waals surface area contributed by atoms with Crippen LogP contribution in [0, 0.1) is 5.92 Å². The van der Waals surface area contributed by atoms with Gasteiger partial charge in [-0.05, 0) is 18.4 Å². The molecule has 1 aromatic heterocycles. The van der Waals surface area contributed by atoms with Crippen LogP contribution in [0.1, 0.15) is 43.0 Å². The summed E-state index contributed by atoms with van der Waals surface area (Å²) in [5.74, 6) is -0.0563. The number of hydrogen-bond donors (Lipinski definition) is 0. The number of carbonyl (C=O) groups is 1. The Balaban J connectivity index is 2.07. The second kappa shape index (κ2) is 6.16. The van der Waals surface area contributed by atoms with Crippen LogP contribution in [-0.2, 0) is 4.74 Å². The fourth-order valence-electron chi connectivity index (χ4n) is 2.67. The fraction of sp³-hybridized carbons (Fsp3) is 0.353. The van der Waals surface area contributed by atoms with E-state index in [4.69, 9.17) is 16.3 Å². The van der Waals surface area contributed by atoms with Gasteiger partial charge in [0.15, 0.2) is 5.69 Å². The van der Waals surface area contributed by atoms with Crippen LogP contribution in [0.3, 0.4) is 0 Å². The third-order valence-corrected chi connectivity index (χ3v) is 4.23. The van der Waals surface area contributed by atoms with Gasteiger partial charge in [-0.3, -0.25) is 0 Å². The molecule has 2 aliphatic rings. The average molecular weight is 332 g/mol. The van der Waals surface area contributed by atoms with Crippen LogP contribution in [0.2, 0.25) is 0 Å². The van der Waals surface area contributed by atoms with E-state index in [2.05, 4.69) is 42.1 Å². The maximum absolute atomic E-state index is 12.0. The molecule has 0 N–H and O–H groups in total. The summed E-state index contributed by atoms with van der Waals surface area (Å²) in [5, 5.41) is 0.427. The number of halogens is 1. The first-order chi connectivity index (χ1) is 11.0. The van der Waals surface area contributed by atoms with Gasteiger partial charge in [0.05, 0.1) is 30.9 Å². The number of nitrogens with zero attached hydrogens (tertiary/aromatic N) is 3. The van der Waals surface area contributed by atoms with E-state index in [1.54, 1.807) is 19.5 Å². The molecule has 5 nitrogen and oxygen atoms in total. The number of imidazole rings is 1. The minimum Gasteiger partial charge on any atom is -0.461 e. The second-order valence-electron chi connectivity index (χ2n) is 5.71. The number of aliphatic imine (C=N–C) groups is 1. The SMILES string of the molecule is CCOC(=O)c1ncn2c1C=NC(Cl)=C1C=C(C(C)C)C=CC12. The smallest absolute Gasteiger partial charge is 0.359 e. The van der Waals surface area contributed by atoms with E-state index in [0.29, 0.717) is 23.4 Å². The van der Waals surface area contributed by atoms with Gasteiger partial charge in [-0.25, -0.2) is 14.8 Å². The molecule has 3 rings (SSSR count). The van der Waals surface area contributed by atoms with Crippen molar-refractivity contribution in [3.05, 3.63) is 52.2 Å². The monoisotopic (exact) mass is 331 g/mol. The summed E-state index contributed by atoms with van der Waals surface area (Å²) in [5.41, 5.74) is 2.96. The zero-order valence-electron chi connectivity index (χ0n) is 13.3. The Labute approximate surface area is 140 Å². The van der Waals surface area contributed by atoms with E-state index in [0.717, 1.165) is 5.57 Å². The van der Waals surface area contributed by atoms with E-state index < -0.39 is 5.97 Å². The third kappa shape index (κ3) is 2.77. The number of carbonyl (C=O) groups excluding carboxylic acids is 1. The Morgan fingerprint density at radius 2 is 2.26 bits per heavy atom. The molecule has 1 atom stereocenters.